The van der Waals surface area contributed by atoms with Gasteiger partial charge in [0.1, 0.15) is 0 Å². The van der Waals surface area contributed by atoms with E-state index >= 15 is 0 Å². The van der Waals surface area contributed by atoms with Crippen molar-refractivity contribution in [3.63, 3.8) is 0 Å². The Kier molecular flexibility index (Phi) is 5.38. The highest BCUT2D eigenvalue weighted by Crippen LogP contribution is 2.63. The van der Waals surface area contributed by atoms with E-state index in [0.717, 1.165) is 37.3 Å². The number of rotatable bonds is 3. The van der Waals surface area contributed by atoms with Gasteiger partial charge in [0.15, 0.2) is 23.4 Å². The Morgan fingerprint density at radius 3 is 2.66 bits per heavy atom. The molecule has 1 saturated heterocycles. The summed E-state index contributed by atoms with van der Waals surface area (Å²) in [5.41, 5.74) is 2.57. The van der Waals surface area contributed by atoms with E-state index in [-0.39, 0.29) is 29.5 Å². The normalized spacial score (nSPS) is 33.7. The highest BCUT2D eigenvalue weighted by atomic mass is 16.5. The van der Waals surface area contributed by atoms with Crippen molar-refractivity contribution < 1.29 is 24.5 Å². The molecule has 0 aromatic heterocycles. The second kappa shape index (κ2) is 7.56. The lowest BCUT2D eigenvalue weighted by atomic mass is 9.52. The minimum atomic E-state index is -0.375. The van der Waals surface area contributed by atoms with Crippen LogP contribution in [0, 0.1) is 5.92 Å². The second-order valence-electron chi connectivity index (χ2n) is 9.22. The molecule has 1 aromatic carbocycles. The molecule has 29 heavy (non-hydrogen) atoms. The number of ether oxygens (including phenoxy) is 2. The Morgan fingerprint density at radius 1 is 1.31 bits per heavy atom. The first-order valence-corrected chi connectivity index (χ1v) is 10.8. The highest BCUT2D eigenvalue weighted by Gasteiger charge is 2.65. The quantitative estimate of drug-likeness (QED) is 0.804. The Bertz CT molecular complexity index is 786. The zero-order valence-corrected chi connectivity index (χ0v) is 17.9. The number of benzene rings is 1. The molecule has 1 spiro atoms. The van der Waals surface area contributed by atoms with Crippen LogP contribution >= 0.6 is 0 Å². The molecule has 1 aromatic rings. The summed E-state index contributed by atoms with van der Waals surface area (Å²) in [6.07, 6.45) is 3.19. The number of likely N-dealkylation sites (N-methyl/N-ethyl adjacent to an activating group) is 1. The van der Waals surface area contributed by atoms with Crippen molar-refractivity contribution in [3.05, 3.63) is 23.3 Å². The van der Waals surface area contributed by atoms with E-state index in [1.165, 1.54) is 11.1 Å². The fourth-order valence-corrected chi connectivity index (χ4v) is 6.16. The summed E-state index contributed by atoms with van der Waals surface area (Å²) in [7, 11) is 3.91. The van der Waals surface area contributed by atoms with Gasteiger partial charge < -0.3 is 24.6 Å². The van der Waals surface area contributed by atoms with E-state index in [1.807, 2.05) is 6.07 Å². The zero-order chi connectivity index (χ0) is 20.9. The third kappa shape index (κ3) is 3.16. The van der Waals surface area contributed by atoms with Crippen LogP contribution in [0.15, 0.2) is 12.1 Å². The summed E-state index contributed by atoms with van der Waals surface area (Å²) >= 11 is 0. The number of piperidine rings is 1. The molecule has 0 radical (unpaired) electrons. The maximum Gasteiger partial charge on any atom is 0.174 e. The molecule has 5 rings (SSSR count). The number of aliphatic hydroxyl groups is 2. The third-order valence-electron chi connectivity index (χ3n) is 7.27. The molecule has 160 valence electrons. The lowest BCUT2D eigenvalue weighted by Gasteiger charge is -2.57. The van der Waals surface area contributed by atoms with E-state index in [4.69, 9.17) is 19.7 Å². The molecule has 2 N–H and O–H groups in total. The first-order chi connectivity index (χ1) is 13.8. The Balaban J connectivity index is 0.000000255. The van der Waals surface area contributed by atoms with Crippen LogP contribution in [0.25, 0.3) is 0 Å². The summed E-state index contributed by atoms with van der Waals surface area (Å²) in [6, 6.07) is 4.73. The number of nitrogens with zero attached hydrogens (tertiary/aromatic N) is 1. The van der Waals surface area contributed by atoms with Crippen LogP contribution in [-0.4, -0.2) is 66.0 Å². The van der Waals surface area contributed by atoms with Gasteiger partial charge in [-0.15, -0.1) is 0 Å². The lowest BCUT2D eigenvalue weighted by molar-refractivity contribution is -0.138. The monoisotopic (exact) mass is 403 g/mol. The smallest absolute Gasteiger partial charge is 0.174 e. The SMILES string of the molecule is CC(O)CC(C)O.COc1ccc2c3c1O[C@H]1C(=O)CC[C@H]4[C@@H](C2)N(C)CC[C@]314. The predicted molar refractivity (Wildman–Crippen MR) is 110 cm³/mol. The van der Waals surface area contributed by atoms with Crippen molar-refractivity contribution in [3.8, 4) is 11.5 Å². The van der Waals surface area contributed by atoms with E-state index in [2.05, 4.69) is 18.0 Å². The van der Waals surface area contributed by atoms with Crippen LogP contribution in [0.3, 0.4) is 0 Å². The van der Waals surface area contributed by atoms with Gasteiger partial charge in [-0.2, -0.15) is 0 Å². The molecule has 2 fully saturated rings. The molecule has 6 atom stereocenters. The van der Waals surface area contributed by atoms with Gasteiger partial charge in [0, 0.05) is 23.4 Å². The second-order valence-corrected chi connectivity index (χ2v) is 9.22. The van der Waals surface area contributed by atoms with E-state index in [9.17, 15) is 4.79 Å². The first-order valence-electron chi connectivity index (χ1n) is 10.8. The molecule has 0 amide bonds. The molecule has 2 aliphatic heterocycles. The minimum absolute atomic E-state index is 0.0933. The van der Waals surface area contributed by atoms with E-state index in [1.54, 1.807) is 21.0 Å². The van der Waals surface area contributed by atoms with Crippen LogP contribution in [0.4, 0.5) is 0 Å². The van der Waals surface area contributed by atoms with Crippen molar-refractivity contribution in [2.75, 3.05) is 20.7 Å². The van der Waals surface area contributed by atoms with Gasteiger partial charge in [-0.1, -0.05) is 6.07 Å². The van der Waals surface area contributed by atoms with Gasteiger partial charge >= 0.3 is 0 Å². The summed E-state index contributed by atoms with van der Waals surface area (Å²) in [6.45, 7) is 4.36. The highest BCUT2D eigenvalue weighted by molar-refractivity contribution is 5.89. The van der Waals surface area contributed by atoms with Crippen molar-refractivity contribution >= 4 is 5.78 Å². The summed E-state index contributed by atoms with van der Waals surface area (Å²) in [5, 5.41) is 17.1. The number of Topliss-reactive ketones (excluding diaryl/α,β-unsaturated/α-hetero) is 1. The Morgan fingerprint density at radius 2 is 2.03 bits per heavy atom. The van der Waals surface area contributed by atoms with Crippen molar-refractivity contribution in [1.29, 1.82) is 0 Å². The van der Waals surface area contributed by atoms with Gasteiger partial charge in [0.05, 0.1) is 19.3 Å². The zero-order valence-electron chi connectivity index (χ0n) is 17.9. The molecular formula is C23H33NO5. The van der Waals surface area contributed by atoms with Crippen molar-refractivity contribution in [1.82, 2.24) is 4.90 Å². The van der Waals surface area contributed by atoms with Crippen LogP contribution < -0.4 is 9.47 Å². The number of ketones is 1. The molecule has 2 aliphatic carbocycles. The van der Waals surface area contributed by atoms with Gasteiger partial charge in [-0.3, -0.25) is 4.79 Å². The molecule has 2 unspecified atom stereocenters. The Labute approximate surface area is 172 Å². The van der Waals surface area contributed by atoms with Gasteiger partial charge in [-0.25, -0.2) is 0 Å². The molecular weight excluding hydrogens is 370 g/mol. The number of hydrogen-bond donors (Lipinski definition) is 2. The lowest BCUT2D eigenvalue weighted by Crippen LogP contribution is -2.65. The average Bonchev–Trinajstić information content (AvgIpc) is 3.01. The summed E-state index contributed by atoms with van der Waals surface area (Å²) < 4.78 is 11.8. The Hall–Kier alpha value is -1.63. The maximum atomic E-state index is 12.6. The topological polar surface area (TPSA) is 79.2 Å². The number of carbonyl (C=O) groups excluding carboxylic acids is 1. The fraction of sp³-hybridized carbons (Fsp3) is 0.696. The summed E-state index contributed by atoms with van der Waals surface area (Å²) in [5.74, 6) is 2.46. The number of aliphatic hydroxyl groups excluding tert-OH is 2. The number of likely N-dealkylation sites (tertiary alicyclic amines) is 1. The van der Waals surface area contributed by atoms with Crippen molar-refractivity contribution in [2.24, 2.45) is 5.92 Å². The molecule has 2 heterocycles. The average molecular weight is 404 g/mol. The van der Waals surface area contributed by atoms with Crippen LogP contribution in [0.2, 0.25) is 0 Å². The number of hydrogen-bond acceptors (Lipinski definition) is 6. The van der Waals surface area contributed by atoms with Gasteiger partial charge in [-0.05, 0) is 70.7 Å². The third-order valence-corrected chi connectivity index (χ3v) is 7.27. The molecule has 2 bridgehead atoms. The molecule has 1 saturated carbocycles. The number of carbonyl (C=O) groups is 1. The fourth-order valence-electron chi connectivity index (χ4n) is 6.16. The molecule has 6 nitrogen and oxygen atoms in total. The molecule has 4 aliphatic rings. The van der Waals surface area contributed by atoms with Gasteiger partial charge in [0.2, 0.25) is 0 Å². The largest absolute Gasteiger partial charge is 0.493 e. The first kappa shape index (κ1) is 20.6. The summed E-state index contributed by atoms with van der Waals surface area (Å²) in [4.78, 5) is 15.1. The predicted octanol–water partition coefficient (Wildman–Crippen LogP) is 2.07. The number of methoxy groups -OCH3 is 1. The maximum absolute atomic E-state index is 12.6. The van der Waals surface area contributed by atoms with Gasteiger partial charge in [0.25, 0.3) is 0 Å². The van der Waals surface area contributed by atoms with Crippen molar-refractivity contribution in [2.45, 2.75) is 75.7 Å². The molecule has 6 heteroatoms. The van der Waals surface area contributed by atoms with E-state index in [0.29, 0.717) is 24.8 Å². The van der Waals surface area contributed by atoms with E-state index < -0.39 is 0 Å². The van der Waals surface area contributed by atoms with Crippen LogP contribution in [-0.2, 0) is 16.6 Å². The minimum Gasteiger partial charge on any atom is -0.493 e. The van der Waals surface area contributed by atoms with Crippen LogP contribution in [0.1, 0.15) is 50.7 Å². The standard InChI is InChI=1S/C18H21NO3.C5H12O2/c1-19-8-7-18-11-4-5-13(20)17(18)22-16-14(21-2)6-3-10(15(16)18)9-12(11)19;1-4(6)3-5(2)7/h3,6,11-12,17H,4-5,7-9H2,1-2H3;4-7H,3H2,1-2H3/t11-,12+,17-,18-;/m0./s1. The van der Waals surface area contributed by atoms with Crippen LogP contribution in [0.5, 0.6) is 11.5 Å².